The normalized spacial score (nSPS) is 11.7. The molecule has 1 heterocycles. The van der Waals surface area contributed by atoms with Gasteiger partial charge >= 0.3 is 5.97 Å². The molecule has 1 aromatic carbocycles. The fraction of sp³-hybridized carbons (Fsp3) is 0.294. The van der Waals surface area contributed by atoms with Crippen molar-refractivity contribution in [2.75, 3.05) is 11.1 Å². The van der Waals surface area contributed by atoms with Crippen molar-refractivity contribution in [3.63, 3.8) is 0 Å². The number of aryl methyl sites for hydroxylation is 2. The third-order valence-corrected chi connectivity index (χ3v) is 4.20. The van der Waals surface area contributed by atoms with E-state index in [-0.39, 0.29) is 16.5 Å². The van der Waals surface area contributed by atoms with Crippen molar-refractivity contribution in [3.05, 3.63) is 46.5 Å². The van der Waals surface area contributed by atoms with Crippen molar-refractivity contribution >= 4 is 40.9 Å². The minimum absolute atomic E-state index is 0.0414. The van der Waals surface area contributed by atoms with Crippen LogP contribution in [-0.4, -0.2) is 33.7 Å². The molecule has 1 N–H and O–H groups in total. The zero-order chi connectivity index (χ0) is 19.3. The highest BCUT2D eigenvalue weighted by Gasteiger charge is 2.19. The molecule has 2 aromatic rings. The highest BCUT2D eigenvalue weighted by atomic mass is 35.5. The number of nitrogens with one attached hydrogen (secondary N) is 1. The van der Waals surface area contributed by atoms with Crippen LogP contribution in [-0.2, 0) is 14.3 Å². The average Bonchev–Trinajstić information content (AvgIpc) is 2.54. The Hall–Kier alpha value is -2.19. The van der Waals surface area contributed by atoms with E-state index in [1.165, 1.54) is 19.1 Å². The number of aromatic nitrogens is 2. The first-order valence-corrected chi connectivity index (χ1v) is 9.01. The Balaban J connectivity index is 1.86. The number of halogens is 2. The molecule has 0 radical (unpaired) electrons. The van der Waals surface area contributed by atoms with E-state index < -0.39 is 23.8 Å². The Morgan fingerprint density at radius 3 is 2.54 bits per heavy atom. The number of benzene rings is 1. The second-order valence-electron chi connectivity index (χ2n) is 5.47. The van der Waals surface area contributed by atoms with Gasteiger partial charge < -0.3 is 10.1 Å². The maximum Gasteiger partial charge on any atom is 0.317 e. The first kappa shape index (κ1) is 20.1. The lowest BCUT2D eigenvalue weighted by Gasteiger charge is -2.14. The Kier molecular flexibility index (Phi) is 6.93. The smallest absolute Gasteiger partial charge is 0.317 e. The molecule has 0 unspecified atom stereocenters. The number of carbonyl (C=O) groups is 2. The van der Waals surface area contributed by atoms with Crippen LogP contribution in [0.15, 0.2) is 29.4 Å². The third kappa shape index (κ3) is 5.96. The van der Waals surface area contributed by atoms with Gasteiger partial charge in [0.1, 0.15) is 5.82 Å². The Morgan fingerprint density at radius 2 is 1.92 bits per heavy atom. The summed E-state index contributed by atoms with van der Waals surface area (Å²) in [6.07, 6.45) is -1.08. The summed E-state index contributed by atoms with van der Waals surface area (Å²) in [5, 5.41) is 3.02. The molecule has 6 nitrogen and oxygen atoms in total. The van der Waals surface area contributed by atoms with Crippen molar-refractivity contribution in [1.29, 1.82) is 0 Å². The van der Waals surface area contributed by atoms with Gasteiger partial charge in [-0.25, -0.2) is 14.4 Å². The number of ether oxygens (including phenoxy) is 1. The lowest BCUT2D eigenvalue weighted by Crippen LogP contribution is -2.30. The van der Waals surface area contributed by atoms with Crippen LogP contribution in [0.5, 0.6) is 0 Å². The van der Waals surface area contributed by atoms with Crippen LogP contribution in [0.2, 0.25) is 5.02 Å². The topological polar surface area (TPSA) is 81.2 Å². The zero-order valence-electron chi connectivity index (χ0n) is 14.4. The zero-order valence-corrected chi connectivity index (χ0v) is 15.9. The Morgan fingerprint density at radius 1 is 1.27 bits per heavy atom. The molecule has 2 rings (SSSR count). The van der Waals surface area contributed by atoms with Crippen LogP contribution >= 0.6 is 23.4 Å². The van der Waals surface area contributed by atoms with Crippen LogP contribution in [0.1, 0.15) is 18.3 Å². The van der Waals surface area contributed by atoms with Crippen molar-refractivity contribution in [2.24, 2.45) is 0 Å². The SMILES string of the molecule is Cc1cc(C)nc(SCC(=O)O[C@H](C)C(=O)Nc2ccc(Cl)cc2F)n1. The second kappa shape index (κ2) is 8.95. The number of anilines is 1. The van der Waals surface area contributed by atoms with Crippen molar-refractivity contribution in [1.82, 2.24) is 9.97 Å². The van der Waals surface area contributed by atoms with Crippen LogP contribution in [0.25, 0.3) is 0 Å². The first-order valence-electron chi connectivity index (χ1n) is 7.65. The summed E-state index contributed by atoms with van der Waals surface area (Å²) in [6, 6.07) is 5.67. The van der Waals surface area contributed by atoms with Crippen LogP contribution < -0.4 is 5.32 Å². The second-order valence-corrected chi connectivity index (χ2v) is 6.85. The third-order valence-electron chi connectivity index (χ3n) is 3.15. The number of amides is 1. The van der Waals surface area contributed by atoms with E-state index >= 15 is 0 Å². The summed E-state index contributed by atoms with van der Waals surface area (Å²) in [4.78, 5) is 32.3. The molecule has 0 aliphatic carbocycles. The Bertz CT molecular complexity index is 815. The summed E-state index contributed by atoms with van der Waals surface area (Å²) in [7, 11) is 0. The van der Waals surface area contributed by atoms with E-state index in [0.29, 0.717) is 5.16 Å². The standard InChI is InChI=1S/C17H17ClFN3O3S/c1-9-6-10(2)21-17(20-9)26-8-15(23)25-11(3)16(24)22-14-5-4-12(18)7-13(14)19/h4-7,11H,8H2,1-3H3,(H,22,24)/t11-/m1/s1. The van der Waals surface area contributed by atoms with E-state index in [0.717, 1.165) is 29.2 Å². The molecule has 0 aliphatic rings. The quantitative estimate of drug-likeness (QED) is 0.456. The summed E-state index contributed by atoms with van der Waals surface area (Å²) >= 11 is 6.77. The largest absolute Gasteiger partial charge is 0.452 e. The molecular weight excluding hydrogens is 381 g/mol. The van der Waals surface area contributed by atoms with Gasteiger partial charge in [0.15, 0.2) is 11.3 Å². The molecule has 0 bridgehead atoms. The Labute approximate surface area is 159 Å². The molecule has 0 spiro atoms. The lowest BCUT2D eigenvalue weighted by atomic mass is 10.3. The van der Waals surface area contributed by atoms with Gasteiger partial charge in [0, 0.05) is 16.4 Å². The van der Waals surface area contributed by atoms with Crippen molar-refractivity contribution in [3.8, 4) is 0 Å². The molecule has 0 saturated carbocycles. The summed E-state index contributed by atoms with van der Waals surface area (Å²) in [6.45, 7) is 5.07. The predicted octanol–water partition coefficient (Wildman–Crippen LogP) is 3.55. The van der Waals surface area contributed by atoms with E-state index in [2.05, 4.69) is 15.3 Å². The highest BCUT2D eigenvalue weighted by molar-refractivity contribution is 7.99. The highest BCUT2D eigenvalue weighted by Crippen LogP contribution is 2.19. The maximum atomic E-state index is 13.7. The molecule has 1 aromatic heterocycles. The summed E-state index contributed by atoms with van der Waals surface area (Å²) in [5.41, 5.74) is 1.55. The molecule has 9 heteroatoms. The summed E-state index contributed by atoms with van der Waals surface area (Å²) in [5.74, 6) is -1.97. The van der Waals surface area contributed by atoms with Crippen molar-refractivity contribution in [2.45, 2.75) is 32.0 Å². The van der Waals surface area contributed by atoms with E-state index in [1.807, 2.05) is 19.9 Å². The van der Waals surface area contributed by atoms with Gasteiger partial charge in [-0.2, -0.15) is 0 Å². The molecule has 0 aliphatic heterocycles. The first-order chi connectivity index (χ1) is 12.2. The van der Waals surface area contributed by atoms with Crippen molar-refractivity contribution < 1.29 is 18.7 Å². The minimum atomic E-state index is -1.08. The molecule has 26 heavy (non-hydrogen) atoms. The van der Waals surface area contributed by atoms with Gasteiger partial charge in [0.2, 0.25) is 0 Å². The number of hydrogen-bond donors (Lipinski definition) is 1. The number of carbonyl (C=O) groups excluding carboxylic acids is 2. The van der Waals surface area contributed by atoms with E-state index in [1.54, 1.807) is 0 Å². The number of rotatable bonds is 6. The van der Waals surface area contributed by atoms with Gasteiger partial charge in [-0.1, -0.05) is 23.4 Å². The fourth-order valence-corrected chi connectivity index (χ4v) is 2.88. The van der Waals surface area contributed by atoms with Gasteiger partial charge in [0.25, 0.3) is 5.91 Å². The van der Waals surface area contributed by atoms with E-state index in [4.69, 9.17) is 16.3 Å². The van der Waals surface area contributed by atoms with Crippen LogP contribution in [0.3, 0.4) is 0 Å². The molecule has 138 valence electrons. The molecule has 1 atom stereocenters. The van der Waals surface area contributed by atoms with Crippen LogP contribution in [0, 0.1) is 19.7 Å². The van der Waals surface area contributed by atoms with Gasteiger partial charge in [0.05, 0.1) is 11.4 Å². The van der Waals surface area contributed by atoms with Gasteiger partial charge in [-0.15, -0.1) is 0 Å². The number of hydrogen-bond acceptors (Lipinski definition) is 6. The fourth-order valence-electron chi connectivity index (χ4n) is 1.99. The monoisotopic (exact) mass is 397 g/mol. The van der Waals surface area contributed by atoms with Gasteiger partial charge in [-0.05, 0) is 45.0 Å². The molecular formula is C17H17ClFN3O3S. The molecule has 1 amide bonds. The average molecular weight is 398 g/mol. The number of thioether (sulfide) groups is 1. The molecule has 0 saturated heterocycles. The minimum Gasteiger partial charge on any atom is -0.452 e. The number of nitrogens with zero attached hydrogens (tertiary/aromatic N) is 2. The van der Waals surface area contributed by atoms with E-state index in [9.17, 15) is 14.0 Å². The molecule has 0 fully saturated rings. The van der Waals surface area contributed by atoms with Gasteiger partial charge in [-0.3, -0.25) is 9.59 Å². The number of esters is 1. The lowest BCUT2D eigenvalue weighted by molar-refractivity contribution is -0.150. The predicted molar refractivity (Wildman–Crippen MR) is 97.8 cm³/mol. The van der Waals surface area contributed by atoms with Crippen LogP contribution in [0.4, 0.5) is 10.1 Å². The summed E-state index contributed by atoms with van der Waals surface area (Å²) < 4.78 is 18.7. The maximum absolute atomic E-state index is 13.7.